The first-order valence-electron chi connectivity index (χ1n) is 9.62. The zero-order chi connectivity index (χ0) is 18.8. The Morgan fingerprint density at radius 3 is 2.96 bits per heavy atom. The molecule has 6 nitrogen and oxygen atoms in total. The lowest BCUT2D eigenvalue weighted by molar-refractivity contribution is -0.127. The zero-order valence-corrected chi connectivity index (χ0v) is 16.7. The number of fused-ring (bicyclic) bond motifs is 1. The molecule has 7 heteroatoms. The number of amides is 1. The van der Waals surface area contributed by atoms with Crippen molar-refractivity contribution in [2.75, 3.05) is 25.0 Å². The summed E-state index contributed by atoms with van der Waals surface area (Å²) in [6, 6.07) is 6.17. The summed E-state index contributed by atoms with van der Waals surface area (Å²) in [5, 5.41) is 10.4. The van der Waals surface area contributed by atoms with Gasteiger partial charge in [-0.25, -0.2) is 4.98 Å². The van der Waals surface area contributed by atoms with Gasteiger partial charge in [-0.2, -0.15) is 9.61 Å². The predicted molar refractivity (Wildman–Crippen MR) is 109 cm³/mol. The third-order valence-corrected chi connectivity index (χ3v) is 6.00. The molecule has 0 atom stereocenters. The molecule has 1 saturated heterocycles. The van der Waals surface area contributed by atoms with Crippen LogP contribution in [-0.2, 0) is 11.2 Å². The van der Waals surface area contributed by atoms with Gasteiger partial charge >= 0.3 is 0 Å². The van der Waals surface area contributed by atoms with Crippen LogP contribution >= 0.6 is 11.3 Å². The fourth-order valence-corrected chi connectivity index (χ4v) is 4.40. The maximum Gasteiger partial charge on any atom is 0.222 e. The van der Waals surface area contributed by atoms with Gasteiger partial charge in [-0.1, -0.05) is 13.0 Å². The summed E-state index contributed by atoms with van der Waals surface area (Å²) in [6.45, 7) is 6.74. The third kappa shape index (κ3) is 3.56. The van der Waals surface area contributed by atoms with Crippen LogP contribution in [0.25, 0.3) is 16.2 Å². The molecule has 0 radical (unpaired) electrons. The molecule has 1 amide bonds. The van der Waals surface area contributed by atoms with Crippen molar-refractivity contribution in [3.63, 3.8) is 0 Å². The van der Waals surface area contributed by atoms with Crippen molar-refractivity contribution >= 4 is 28.7 Å². The summed E-state index contributed by atoms with van der Waals surface area (Å²) in [7, 11) is 0. The van der Waals surface area contributed by atoms with Gasteiger partial charge in [0, 0.05) is 43.4 Å². The number of nitrogens with one attached hydrogen (secondary N) is 1. The summed E-state index contributed by atoms with van der Waals surface area (Å²) >= 11 is 1.69. The molecule has 0 unspecified atom stereocenters. The normalized spacial score (nSPS) is 14.4. The molecule has 27 heavy (non-hydrogen) atoms. The fraction of sp³-hybridized carbons (Fsp3) is 0.450. The van der Waals surface area contributed by atoms with Gasteiger partial charge in [-0.3, -0.25) is 4.79 Å². The minimum atomic E-state index is 0.291. The number of anilines is 1. The van der Waals surface area contributed by atoms with Crippen molar-refractivity contribution in [2.24, 2.45) is 0 Å². The van der Waals surface area contributed by atoms with E-state index in [9.17, 15) is 4.79 Å². The Bertz CT molecular complexity index is 947. The molecular formula is C20H25N5OS. The molecule has 1 aliphatic rings. The lowest BCUT2D eigenvalue weighted by atomic mass is 10.1. The number of hydrogen-bond donors (Lipinski definition) is 1. The highest BCUT2D eigenvalue weighted by atomic mass is 32.1. The van der Waals surface area contributed by atoms with Gasteiger partial charge in [-0.05, 0) is 37.6 Å². The van der Waals surface area contributed by atoms with Crippen molar-refractivity contribution in [1.82, 2.24) is 19.5 Å². The maximum atomic E-state index is 11.8. The smallest absolute Gasteiger partial charge is 0.222 e. The number of hydrogen-bond acceptors (Lipinski definition) is 5. The molecule has 1 aliphatic heterocycles. The van der Waals surface area contributed by atoms with Gasteiger partial charge in [-0.15, -0.1) is 11.3 Å². The minimum Gasteiger partial charge on any atom is -0.370 e. The van der Waals surface area contributed by atoms with Crippen LogP contribution in [0.5, 0.6) is 0 Å². The summed E-state index contributed by atoms with van der Waals surface area (Å²) < 4.78 is 1.93. The molecule has 4 rings (SSSR count). The van der Waals surface area contributed by atoms with Crippen molar-refractivity contribution in [3.8, 4) is 10.6 Å². The summed E-state index contributed by atoms with van der Waals surface area (Å²) in [4.78, 5) is 19.6. The number of rotatable bonds is 7. The van der Waals surface area contributed by atoms with Crippen LogP contribution < -0.4 is 5.32 Å². The van der Waals surface area contributed by atoms with E-state index in [1.54, 1.807) is 11.3 Å². The standard InChI is InChI=1S/C20H25N5OS/c1-3-15-14(2)22-18-13-16(17-7-5-12-27-17)23-25(18)20(15)21-9-6-11-24-10-4-8-19(24)26/h5,7,12-13,21H,3-4,6,8-11H2,1-2H3. The molecule has 0 spiro atoms. The summed E-state index contributed by atoms with van der Waals surface area (Å²) in [5.41, 5.74) is 4.06. The van der Waals surface area contributed by atoms with Crippen molar-refractivity contribution in [1.29, 1.82) is 0 Å². The predicted octanol–water partition coefficient (Wildman–Crippen LogP) is 3.75. The highest BCUT2D eigenvalue weighted by Gasteiger charge is 2.19. The van der Waals surface area contributed by atoms with Crippen LogP contribution in [-0.4, -0.2) is 45.0 Å². The average Bonchev–Trinajstić information content (AvgIpc) is 3.39. The number of carbonyl (C=O) groups excluding carboxylic acids is 1. The van der Waals surface area contributed by atoms with Crippen LogP contribution in [0, 0.1) is 6.92 Å². The van der Waals surface area contributed by atoms with Crippen LogP contribution in [0.4, 0.5) is 5.82 Å². The number of aromatic nitrogens is 3. The Balaban J connectivity index is 1.56. The van der Waals surface area contributed by atoms with Gasteiger partial charge in [0.05, 0.1) is 4.88 Å². The highest BCUT2D eigenvalue weighted by molar-refractivity contribution is 7.13. The second-order valence-corrected chi connectivity index (χ2v) is 7.87. The van der Waals surface area contributed by atoms with E-state index >= 15 is 0 Å². The SMILES string of the molecule is CCc1c(C)nc2cc(-c3cccs3)nn2c1NCCCN1CCCC1=O. The Kier molecular flexibility index (Phi) is 5.11. The molecule has 0 bridgehead atoms. The maximum absolute atomic E-state index is 11.8. The number of thiophene rings is 1. The van der Waals surface area contributed by atoms with Crippen LogP contribution in [0.2, 0.25) is 0 Å². The number of likely N-dealkylation sites (tertiary alicyclic amines) is 1. The van der Waals surface area contributed by atoms with Gasteiger partial charge in [0.15, 0.2) is 5.65 Å². The van der Waals surface area contributed by atoms with E-state index in [1.165, 1.54) is 5.56 Å². The summed E-state index contributed by atoms with van der Waals surface area (Å²) in [5.74, 6) is 1.31. The molecule has 142 valence electrons. The quantitative estimate of drug-likeness (QED) is 0.631. The van der Waals surface area contributed by atoms with Crippen LogP contribution in [0.1, 0.15) is 37.4 Å². The monoisotopic (exact) mass is 383 g/mol. The second kappa shape index (κ2) is 7.68. The third-order valence-electron chi connectivity index (χ3n) is 5.10. The van der Waals surface area contributed by atoms with Crippen LogP contribution in [0.3, 0.4) is 0 Å². The molecule has 3 aromatic rings. The zero-order valence-electron chi connectivity index (χ0n) is 15.9. The largest absolute Gasteiger partial charge is 0.370 e. The second-order valence-electron chi connectivity index (χ2n) is 6.92. The molecule has 0 saturated carbocycles. The number of nitrogens with zero attached hydrogens (tertiary/aromatic N) is 4. The van der Waals surface area contributed by atoms with E-state index in [4.69, 9.17) is 10.1 Å². The van der Waals surface area contributed by atoms with E-state index in [0.29, 0.717) is 12.3 Å². The summed E-state index contributed by atoms with van der Waals surface area (Å²) in [6.07, 6.45) is 3.53. The Labute approximate surface area is 163 Å². The minimum absolute atomic E-state index is 0.291. The molecule has 0 aliphatic carbocycles. The van der Waals surface area contributed by atoms with E-state index in [0.717, 1.165) is 66.6 Å². The van der Waals surface area contributed by atoms with Gasteiger partial charge < -0.3 is 10.2 Å². The van der Waals surface area contributed by atoms with Crippen molar-refractivity contribution < 1.29 is 4.79 Å². The van der Waals surface area contributed by atoms with Gasteiger partial charge in [0.1, 0.15) is 11.5 Å². The van der Waals surface area contributed by atoms with E-state index in [-0.39, 0.29) is 0 Å². The molecule has 1 N–H and O–H groups in total. The van der Waals surface area contributed by atoms with Gasteiger partial charge in [0.2, 0.25) is 5.91 Å². The van der Waals surface area contributed by atoms with Crippen molar-refractivity contribution in [3.05, 3.63) is 34.8 Å². The molecule has 4 heterocycles. The van der Waals surface area contributed by atoms with Crippen LogP contribution in [0.15, 0.2) is 23.6 Å². The highest BCUT2D eigenvalue weighted by Crippen LogP contribution is 2.27. The lowest BCUT2D eigenvalue weighted by Crippen LogP contribution is -2.27. The molecule has 3 aromatic heterocycles. The average molecular weight is 384 g/mol. The Hall–Kier alpha value is -2.41. The topological polar surface area (TPSA) is 62.5 Å². The van der Waals surface area contributed by atoms with E-state index in [1.807, 2.05) is 21.5 Å². The Morgan fingerprint density at radius 1 is 1.37 bits per heavy atom. The first kappa shape index (κ1) is 18.0. The Morgan fingerprint density at radius 2 is 2.26 bits per heavy atom. The first-order chi connectivity index (χ1) is 13.2. The number of carbonyl (C=O) groups is 1. The molecule has 1 fully saturated rings. The molecule has 0 aromatic carbocycles. The molecular weight excluding hydrogens is 358 g/mol. The first-order valence-corrected chi connectivity index (χ1v) is 10.5. The lowest BCUT2D eigenvalue weighted by Gasteiger charge is -2.17. The van der Waals surface area contributed by atoms with Gasteiger partial charge in [0.25, 0.3) is 0 Å². The van der Waals surface area contributed by atoms with E-state index < -0.39 is 0 Å². The van der Waals surface area contributed by atoms with E-state index in [2.05, 4.69) is 30.6 Å². The fourth-order valence-electron chi connectivity index (χ4n) is 3.72. The number of aryl methyl sites for hydroxylation is 1. The van der Waals surface area contributed by atoms with Crippen molar-refractivity contribution in [2.45, 2.75) is 39.5 Å².